The van der Waals surface area contributed by atoms with E-state index >= 15 is 0 Å². The highest BCUT2D eigenvalue weighted by molar-refractivity contribution is 9.09. The second-order valence-corrected chi connectivity index (χ2v) is 11.4. The first-order valence-electron chi connectivity index (χ1n) is 14.0. The van der Waals surface area contributed by atoms with Crippen LogP contribution in [0.3, 0.4) is 0 Å². The van der Waals surface area contributed by atoms with Crippen LogP contribution in [-0.4, -0.2) is 17.3 Å². The molecule has 0 radical (unpaired) electrons. The van der Waals surface area contributed by atoms with Crippen molar-refractivity contribution in [3.8, 4) is 5.75 Å². The molecular weight excluding hydrogens is 560 g/mol. The van der Waals surface area contributed by atoms with E-state index in [-0.39, 0.29) is 0 Å². The predicted molar refractivity (Wildman–Crippen MR) is 163 cm³/mol. The highest BCUT2D eigenvalue weighted by atomic mass is 79.9. The second-order valence-electron chi connectivity index (χ2n) is 9.83. The predicted octanol–water partition coefficient (Wildman–Crippen LogP) is 11.2. The summed E-state index contributed by atoms with van der Waals surface area (Å²) in [7, 11) is 0. The molecule has 1 nitrogen and oxygen atoms in total. The molecule has 0 spiro atoms. The monoisotopic (exact) mass is 602 g/mol. The van der Waals surface area contributed by atoms with Crippen LogP contribution in [-0.2, 0) is 6.42 Å². The fourth-order valence-corrected chi connectivity index (χ4v) is 5.93. The smallest absolute Gasteiger partial charge is 0.134 e. The van der Waals surface area contributed by atoms with Crippen molar-refractivity contribution in [2.24, 2.45) is 0 Å². The molecule has 3 heteroatoms. The van der Waals surface area contributed by atoms with E-state index in [1.165, 1.54) is 111 Å². The number of benzene rings is 3. The van der Waals surface area contributed by atoms with Gasteiger partial charge in [-0.15, -0.1) is 0 Å². The van der Waals surface area contributed by atoms with Gasteiger partial charge in [-0.3, -0.25) is 0 Å². The maximum atomic E-state index is 6.50. The molecule has 0 N–H and O–H groups in total. The summed E-state index contributed by atoms with van der Waals surface area (Å²) in [5, 5.41) is 7.60. The molecule has 0 amide bonds. The molecule has 192 valence electrons. The highest BCUT2D eigenvalue weighted by Crippen LogP contribution is 2.39. The lowest BCUT2D eigenvalue weighted by Gasteiger charge is -2.17. The van der Waals surface area contributed by atoms with Crippen LogP contribution in [0.1, 0.15) is 95.5 Å². The average Bonchev–Trinajstić information content (AvgIpc) is 2.89. The standard InChI is InChI=1S/C32H44Br2O/c33-24-16-8-4-2-1-3-7-11-19-27-28-20-12-14-22-30(28)32(31-23-15-13-21-29(27)31)35-26-18-10-6-5-9-17-25-34/h12-15,20-23H,1-11,16-19,24-26H2. The van der Waals surface area contributed by atoms with Gasteiger partial charge in [0.1, 0.15) is 5.75 Å². The normalized spacial score (nSPS) is 11.5. The third-order valence-corrected chi connectivity index (χ3v) is 8.20. The maximum Gasteiger partial charge on any atom is 0.134 e. The van der Waals surface area contributed by atoms with Crippen LogP contribution >= 0.6 is 31.9 Å². The minimum atomic E-state index is 0.807. The summed E-state index contributed by atoms with van der Waals surface area (Å²) >= 11 is 7.06. The summed E-state index contributed by atoms with van der Waals surface area (Å²) in [5.74, 6) is 1.09. The van der Waals surface area contributed by atoms with E-state index in [1.807, 2.05) is 0 Å². The second kappa shape index (κ2) is 17.4. The van der Waals surface area contributed by atoms with E-state index in [4.69, 9.17) is 4.74 Å². The fourth-order valence-electron chi connectivity index (χ4n) is 5.14. The Hall–Kier alpha value is -1.06. The zero-order valence-corrected chi connectivity index (χ0v) is 24.7. The van der Waals surface area contributed by atoms with E-state index in [9.17, 15) is 0 Å². The molecule has 0 bridgehead atoms. The van der Waals surface area contributed by atoms with Gasteiger partial charge in [-0.2, -0.15) is 0 Å². The molecule has 0 fully saturated rings. The van der Waals surface area contributed by atoms with E-state index in [1.54, 1.807) is 0 Å². The maximum absolute atomic E-state index is 6.50. The van der Waals surface area contributed by atoms with Gasteiger partial charge in [0.15, 0.2) is 0 Å². The third-order valence-electron chi connectivity index (χ3n) is 7.08. The van der Waals surface area contributed by atoms with Gasteiger partial charge in [0.2, 0.25) is 0 Å². The SMILES string of the molecule is BrCCCCCCCCCCc1c2ccccc2c(OCCCCCCCCBr)c2ccccc12. The van der Waals surface area contributed by atoms with Gasteiger partial charge in [0.05, 0.1) is 6.61 Å². The highest BCUT2D eigenvalue weighted by Gasteiger charge is 2.14. The Morgan fingerprint density at radius 1 is 0.457 bits per heavy atom. The van der Waals surface area contributed by atoms with Crippen LogP contribution in [0.25, 0.3) is 21.5 Å². The minimum Gasteiger partial charge on any atom is -0.492 e. The van der Waals surface area contributed by atoms with Crippen molar-refractivity contribution in [1.29, 1.82) is 0 Å². The number of rotatable bonds is 19. The molecule has 3 rings (SSSR count). The van der Waals surface area contributed by atoms with Gasteiger partial charge < -0.3 is 4.74 Å². The molecule has 0 saturated heterocycles. The van der Waals surface area contributed by atoms with Crippen molar-refractivity contribution in [3.63, 3.8) is 0 Å². The molecule has 35 heavy (non-hydrogen) atoms. The number of halogens is 2. The summed E-state index contributed by atoms with van der Waals surface area (Å²) in [4.78, 5) is 0. The zero-order chi connectivity index (χ0) is 24.6. The first-order chi connectivity index (χ1) is 17.4. The lowest BCUT2D eigenvalue weighted by atomic mass is 9.92. The Morgan fingerprint density at radius 2 is 0.857 bits per heavy atom. The Labute approximate surface area is 230 Å². The Balaban J connectivity index is 1.61. The van der Waals surface area contributed by atoms with Gasteiger partial charge in [0.25, 0.3) is 0 Å². The van der Waals surface area contributed by atoms with Gasteiger partial charge >= 0.3 is 0 Å². The molecule has 3 aromatic carbocycles. The molecule has 0 aliphatic heterocycles. The molecule has 0 saturated carbocycles. The summed E-state index contributed by atoms with van der Waals surface area (Å²) < 4.78 is 6.50. The summed E-state index contributed by atoms with van der Waals surface area (Å²) in [6.07, 6.45) is 19.6. The van der Waals surface area contributed by atoms with E-state index < -0.39 is 0 Å². The van der Waals surface area contributed by atoms with Gasteiger partial charge in [-0.1, -0.05) is 145 Å². The topological polar surface area (TPSA) is 9.23 Å². The number of ether oxygens (including phenoxy) is 1. The molecule has 0 atom stereocenters. The molecule has 0 aromatic heterocycles. The van der Waals surface area contributed by atoms with Crippen molar-refractivity contribution in [2.75, 3.05) is 17.3 Å². The largest absolute Gasteiger partial charge is 0.492 e. The van der Waals surface area contributed by atoms with E-state index in [0.717, 1.165) is 35.9 Å². The number of hydrogen-bond donors (Lipinski definition) is 0. The number of fused-ring (bicyclic) bond motifs is 2. The number of aryl methyl sites for hydroxylation is 1. The third kappa shape index (κ3) is 9.39. The minimum absolute atomic E-state index is 0.807. The number of unbranched alkanes of at least 4 members (excludes halogenated alkanes) is 12. The van der Waals surface area contributed by atoms with Gasteiger partial charge in [-0.05, 0) is 48.4 Å². The van der Waals surface area contributed by atoms with Crippen molar-refractivity contribution in [3.05, 3.63) is 54.1 Å². The summed E-state index contributed by atoms with van der Waals surface area (Å²) in [6.45, 7) is 0.807. The summed E-state index contributed by atoms with van der Waals surface area (Å²) in [5.41, 5.74) is 1.51. The molecule has 0 heterocycles. The van der Waals surface area contributed by atoms with Crippen LogP contribution in [0.4, 0.5) is 0 Å². The molecule has 0 unspecified atom stereocenters. The molecular formula is C32H44Br2O. The fraction of sp³-hybridized carbons (Fsp3) is 0.562. The molecule has 3 aromatic rings. The average molecular weight is 605 g/mol. The van der Waals surface area contributed by atoms with Crippen LogP contribution in [0.5, 0.6) is 5.75 Å². The lowest BCUT2D eigenvalue weighted by Crippen LogP contribution is -2.01. The van der Waals surface area contributed by atoms with Crippen LogP contribution < -0.4 is 4.74 Å². The quantitative estimate of drug-likeness (QED) is 0.0752. The van der Waals surface area contributed by atoms with E-state index in [0.29, 0.717) is 0 Å². The molecule has 0 aliphatic rings. The van der Waals surface area contributed by atoms with Crippen LogP contribution in [0.2, 0.25) is 0 Å². The lowest BCUT2D eigenvalue weighted by molar-refractivity contribution is 0.311. The number of alkyl halides is 2. The van der Waals surface area contributed by atoms with E-state index in [2.05, 4.69) is 80.4 Å². The Kier molecular flexibility index (Phi) is 14.2. The van der Waals surface area contributed by atoms with Crippen molar-refractivity contribution < 1.29 is 4.74 Å². The Bertz CT molecular complexity index is 927. The van der Waals surface area contributed by atoms with Crippen molar-refractivity contribution >= 4 is 53.4 Å². The zero-order valence-electron chi connectivity index (χ0n) is 21.5. The number of hydrogen-bond acceptors (Lipinski definition) is 1. The van der Waals surface area contributed by atoms with Crippen LogP contribution in [0, 0.1) is 0 Å². The summed E-state index contributed by atoms with van der Waals surface area (Å²) in [6, 6.07) is 17.8. The first-order valence-corrected chi connectivity index (χ1v) is 16.3. The molecule has 0 aliphatic carbocycles. The van der Waals surface area contributed by atoms with Crippen LogP contribution in [0.15, 0.2) is 48.5 Å². The van der Waals surface area contributed by atoms with Gasteiger partial charge in [0, 0.05) is 21.4 Å². The van der Waals surface area contributed by atoms with Crippen molar-refractivity contribution in [2.45, 2.75) is 96.3 Å². The first kappa shape index (κ1) is 28.5. The van der Waals surface area contributed by atoms with Crippen molar-refractivity contribution in [1.82, 2.24) is 0 Å². The van der Waals surface area contributed by atoms with Gasteiger partial charge in [-0.25, -0.2) is 0 Å². The Morgan fingerprint density at radius 3 is 1.34 bits per heavy atom.